The highest BCUT2D eigenvalue weighted by Crippen LogP contribution is 2.43. The van der Waals surface area contributed by atoms with Crippen molar-refractivity contribution in [1.82, 2.24) is 0 Å². The first-order valence-electron chi connectivity index (χ1n) is 6.91. The smallest absolute Gasteiger partial charge is 0.0685 e. The summed E-state index contributed by atoms with van der Waals surface area (Å²) in [7, 11) is 0. The molecule has 1 spiro atoms. The van der Waals surface area contributed by atoms with Gasteiger partial charge in [-0.05, 0) is 44.4 Å². The molecule has 0 amide bonds. The number of hydrogen-bond acceptors (Lipinski definition) is 1. The summed E-state index contributed by atoms with van der Waals surface area (Å²) >= 11 is 6.25. The zero-order valence-corrected chi connectivity index (χ0v) is 11.4. The van der Waals surface area contributed by atoms with Crippen LogP contribution in [0.15, 0.2) is 0 Å². The van der Waals surface area contributed by atoms with Crippen molar-refractivity contribution in [2.75, 3.05) is 6.61 Å². The van der Waals surface area contributed by atoms with Crippen LogP contribution in [-0.2, 0) is 4.74 Å². The summed E-state index contributed by atoms with van der Waals surface area (Å²) in [6.07, 6.45) is 9.15. The van der Waals surface area contributed by atoms with Crippen LogP contribution in [0.3, 0.4) is 0 Å². The maximum Gasteiger partial charge on any atom is 0.0685 e. The minimum absolute atomic E-state index is 0.237. The van der Waals surface area contributed by atoms with E-state index in [1.165, 1.54) is 44.9 Å². The third kappa shape index (κ3) is 2.73. The Bertz CT molecular complexity index is 215. The van der Waals surface area contributed by atoms with Crippen molar-refractivity contribution < 1.29 is 4.74 Å². The highest BCUT2D eigenvalue weighted by Gasteiger charge is 2.40. The average molecular weight is 245 g/mol. The normalized spacial score (nSPS) is 33.6. The molecule has 3 atom stereocenters. The van der Waals surface area contributed by atoms with E-state index in [1.807, 2.05) is 0 Å². The number of alkyl halides is 1. The molecule has 1 saturated heterocycles. The predicted octanol–water partition coefficient (Wildman–Crippen LogP) is 4.38. The third-order valence-electron chi connectivity index (χ3n) is 4.76. The maximum absolute atomic E-state index is 6.25. The number of rotatable bonds is 2. The molecule has 1 aliphatic heterocycles. The van der Waals surface area contributed by atoms with Crippen LogP contribution in [-0.4, -0.2) is 17.6 Å². The second kappa shape index (κ2) is 5.27. The van der Waals surface area contributed by atoms with E-state index in [9.17, 15) is 0 Å². The van der Waals surface area contributed by atoms with Crippen molar-refractivity contribution >= 4 is 11.6 Å². The molecule has 16 heavy (non-hydrogen) atoms. The van der Waals surface area contributed by atoms with E-state index in [1.54, 1.807) is 0 Å². The number of hydrogen-bond donors (Lipinski definition) is 0. The molecule has 1 aliphatic carbocycles. The lowest BCUT2D eigenvalue weighted by molar-refractivity contribution is -0.124. The van der Waals surface area contributed by atoms with E-state index in [2.05, 4.69) is 13.8 Å². The molecule has 1 heterocycles. The maximum atomic E-state index is 6.25. The van der Waals surface area contributed by atoms with Crippen molar-refractivity contribution in [3.63, 3.8) is 0 Å². The molecule has 0 bridgehead atoms. The molecule has 3 unspecified atom stereocenters. The van der Waals surface area contributed by atoms with Crippen LogP contribution >= 0.6 is 11.6 Å². The van der Waals surface area contributed by atoms with Crippen molar-refractivity contribution in [2.45, 2.75) is 69.8 Å². The lowest BCUT2D eigenvalue weighted by Gasteiger charge is -2.45. The van der Waals surface area contributed by atoms with Crippen LogP contribution in [0.1, 0.15) is 58.8 Å². The number of halogens is 1. The van der Waals surface area contributed by atoms with E-state index in [0.717, 1.165) is 12.5 Å². The summed E-state index contributed by atoms with van der Waals surface area (Å²) in [6, 6.07) is 0. The fraction of sp³-hybridized carbons (Fsp3) is 1.00. The van der Waals surface area contributed by atoms with E-state index < -0.39 is 0 Å². The second-order valence-corrected chi connectivity index (χ2v) is 6.57. The van der Waals surface area contributed by atoms with Gasteiger partial charge in [0, 0.05) is 12.0 Å². The Morgan fingerprint density at radius 1 is 1.19 bits per heavy atom. The van der Waals surface area contributed by atoms with Crippen LogP contribution < -0.4 is 0 Å². The van der Waals surface area contributed by atoms with Crippen molar-refractivity contribution in [1.29, 1.82) is 0 Å². The molecule has 2 fully saturated rings. The van der Waals surface area contributed by atoms with Crippen molar-refractivity contribution in [2.24, 2.45) is 11.8 Å². The van der Waals surface area contributed by atoms with Crippen molar-refractivity contribution in [3.8, 4) is 0 Å². The van der Waals surface area contributed by atoms with Gasteiger partial charge in [-0.15, -0.1) is 11.6 Å². The Morgan fingerprint density at radius 3 is 2.50 bits per heavy atom. The van der Waals surface area contributed by atoms with Gasteiger partial charge in [0.1, 0.15) is 0 Å². The van der Waals surface area contributed by atoms with Gasteiger partial charge in [-0.3, -0.25) is 0 Å². The zero-order chi connectivity index (χ0) is 11.6. The molecule has 0 radical (unpaired) electrons. The molecule has 0 N–H and O–H groups in total. The topological polar surface area (TPSA) is 9.23 Å². The van der Waals surface area contributed by atoms with Gasteiger partial charge in [-0.1, -0.05) is 26.2 Å². The van der Waals surface area contributed by atoms with Gasteiger partial charge in [-0.25, -0.2) is 0 Å². The van der Waals surface area contributed by atoms with E-state index in [4.69, 9.17) is 16.3 Å². The van der Waals surface area contributed by atoms with Gasteiger partial charge in [0.05, 0.1) is 5.60 Å². The first kappa shape index (κ1) is 12.7. The van der Waals surface area contributed by atoms with Gasteiger partial charge in [-0.2, -0.15) is 0 Å². The fourth-order valence-corrected chi connectivity index (χ4v) is 3.64. The van der Waals surface area contributed by atoms with Crippen LogP contribution in [0.2, 0.25) is 0 Å². The Morgan fingerprint density at radius 2 is 1.88 bits per heavy atom. The zero-order valence-electron chi connectivity index (χ0n) is 10.7. The summed E-state index contributed by atoms with van der Waals surface area (Å²) in [4.78, 5) is 0. The van der Waals surface area contributed by atoms with Crippen LogP contribution in [0.25, 0.3) is 0 Å². The summed E-state index contributed by atoms with van der Waals surface area (Å²) < 4.78 is 6.12. The Hall–Kier alpha value is 0.250. The fourth-order valence-electron chi connectivity index (χ4n) is 3.43. The van der Waals surface area contributed by atoms with Crippen molar-refractivity contribution in [3.05, 3.63) is 0 Å². The van der Waals surface area contributed by atoms with Gasteiger partial charge in [0.2, 0.25) is 0 Å². The largest absolute Gasteiger partial charge is 0.375 e. The Balaban J connectivity index is 1.97. The predicted molar refractivity (Wildman–Crippen MR) is 69.0 cm³/mol. The third-order valence-corrected chi connectivity index (χ3v) is 5.16. The SMILES string of the molecule is CC(Cl)C(C)C1CCOC2(CCCCC2)C1. The van der Waals surface area contributed by atoms with Crippen LogP contribution in [0.5, 0.6) is 0 Å². The van der Waals surface area contributed by atoms with E-state index in [0.29, 0.717) is 11.3 Å². The summed E-state index contributed by atoms with van der Waals surface area (Å²) in [6.45, 7) is 5.40. The molecule has 1 saturated carbocycles. The summed E-state index contributed by atoms with van der Waals surface area (Å²) in [5.74, 6) is 1.41. The standard InChI is InChI=1S/C14H25ClO/c1-11(12(2)15)13-6-9-16-14(10-13)7-4-3-5-8-14/h11-13H,3-10H2,1-2H3. The monoisotopic (exact) mass is 244 g/mol. The molecule has 2 rings (SSSR count). The van der Waals surface area contributed by atoms with Crippen LogP contribution in [0, 0.1) is 11.8 Å². The van der Waals surface area contributed by atoms with Gasteiger partial charge in [0.15, 0.2) is 0 Å². The summed E-state index contributed by atoms with van der Waals surface area (Å²) in [5, 5.41) is 0.295. The molecule has 0 aromatic carbocycles. The van der Waals surface area contributed by atoms with Gasteiger partial charge in [0.25, 0.3) is 0 Å². The lowest BCUT2D eigenvalue weighted by Crippen LogP contribution is -2.43. The van der Waals surface area contributed by atoms with Crippen LogP contribution in [0.4, 0.5) is 0 Å². The molecule has 0 aromatic heterocycles. The van der Waals surface area contributed by atoms with E-state index >= 15 is 0 Å². The molecule has 2 aliphatic rings. The molecule has 2 heteroatoms. The molecule has 94 valence electrons. The quantitative estimate of drug-likeness (QED) is 0.655. The van der Waals surface area contributed by atoms with Gasteiger partial charge < -0.3 is 4.74 Å². The highest BCUT2D eigenvalue weighted by atomic mass is 35.5. The molecule has 1 nitrogen and oxygen atoms in total. The molecular formula is C14H25ClO. The molecule has 0 aromatic rings. The Labute approximate surface area is 105 Å². The minimum Gasteiger partial charge on any atom is -0.375 e. The highest BCUT2D eigenvalue weighted by molar-refractivity contribution is 6.20. The summed E-state index contributed by atoms with van der Waals surface area (Å²) in [5.41, 5.74) is 0.237. The van der Waals surface area contributed by atoms with Gasteiger partial charge >= 0.3 is 0 Å². The molecular weight excluding hydrogens is 220 g/mol. The van der Waals surface area contributed by atoms with E-state index in [-0.39, 0.29) is 5.60 Å². The number of ether oxygens (including phenoxy) is 1. The first-order valence-corrected chi connectivity index (χ1v) is 7.35. The minimum atomic E-state index is 0.237. The second-order valence-electron chi connectivity index (χ2n) is 5.88. The Kier molecular flexibility index (Phi) is 4.18. The lowest BCUT2D eigenvalue weighted by atomic mass is 9.72. The average Bonchev–Trinajstić information content (AvgIpc) is 2.29. The first-order chi connectivity index (χ1) is 7.63.